The van der Waals surface area contributed by atoms with Gasteiger partial charge < -0.3 is 15.1 Å². The van der Waals surface area contributed by atoms with Gasteiger partial charge in [0.15, 0.2) is 0 Å². The molecule has 2 fully saturated rings. The van der Waals surface area contributed by atoms with Crippen molar-refractivity contribution in [1.82, 2.24) is 10.2 Å². The molecule has 2 heterocycles. The van der Waals surface area contributed by atoms with Crippen LogP contribution in [-0.2, 0) is 0 Å². The average Bonchev–Trinajstić information content (AvgIpc) is 2.95. The Morgan fingerprint density at radius 3 is 2.12 bits per heavy atom. The molecule has 2 saturated heterocycles. The van der Waals surface area contributed by atoms with Gasteiger partial charge in [-0.15, -0.1) is 0 Å². The van der Waals surface area contributed by atoms with E-state index in [9.17, 15) is 4.79 Å². The molecule has 1 amide bonds. The predicted molar refractivity (Wildman–Crippen MR) is 104 cm³/mol. The number of nitrogens with zero attached hydrogens (tertiary/aromatic N) is 2. The third-order valence-electron chi connectivity index (χ3n) is 5.49. The number of amides is 1. The Morgan fingerprint density at radius 2 is 1.44 bits per heavy atom. The first-order valence-electron chi connectivity index (χ1n) is 10.2. The number of carbonyl (C=O) groups is 1. The van der Waals surface area contributed by atoms with E-state index in [0.717, 1.165) is 38.2 Å². The van der Waals surface area contributed by atoms with E-state index in [0.29, 0.717) is 0 Å². The molecule has 2 aliphatic rings. The molecule has 4 heteroatoms. The third-order valence-corrected chi connectivity index (χ3v) is 5.49. The predicted octanol–water partition coefficient (Wildman–Crippen LogP) is 3.67. The van der Waals surface area contributed by atoms with Crippen molar-refractivity contribution in [2.75, 3.05) is 44.2 Å². The van der Waals surface area contributed by atoms with Crippen molar-refractivity contribution in [3.8, 4) is 0 Å². The van der Waals surface area contributed by atoms with E-state index in [1.165, 1.54) is 63.7 Å². The lowest BCUT2D eigenvalue weighted by Gasteiger charge is -2.28. The van der Waals surface area contributed by atoms with Gasteiger partial charge in [-0.25, -0.2) is 0 Å². The quantitative estimate of drug-likeness (QED) is 0.801. The zero-order valence-electron chi connectivity index (χ0n) is 15.5. The highest BCUT2D eigenvalue weighted by molar-refractivity contribution is 5.94. The molecule has 1 aromatic rings. The van der Waals surface area contributed by atoms with Gasteiger partial charge in [0.1, 0.15) is 0 Å². The fraction of sp³-hybridized carbons (Fsp3) is 0.667. The zero-order valence-corrected chi connectivity index (χ0v) is 15.5. The maximum Gasteiger partial charge on any atom is 0.251 e. The van der Waals surface area contributed by atoms with Gasteiger partial charge in [0, 0.05) is 30.9 Å². The number of rotatable bonds is 6. The number of hydrogen-bond acceptors (Lipinski definition) is 3. The molecule has 3 rings (SSSR count). The molecular formula is C21H33N3O. The van der Waals surface area contributed by atoms with Crippen molar-refractivity contribution in [3.05, 3.63) is 29.8 Å². The molecule has 0 aromatic heterocycles. The molecule has 4 nitrogen and oxygen atoms in total. The summed E-state index contributed by atoms with van der Waals surface area (Å²) in [7, 11) is 0. The van der Waals surface area contributed by atoms with Crippen LogP contribution in [0.25, 0.3) is 0 Å². The molecule has 0 unspecified atom stereocenters. The van der Waals surface area contributed by atoms with Gasteiger partial charge in [-0.1, -0.05) is 12.8 Å². The fourth-order valence-corrected chi connectivity index (χ4v) is 3.94. The summed E-state index contributed by atoms with van der Waals surface area (Å²) in [6.07, 6.45) is 10.3. The number of anilines is 1. The first-order chi connectivity index (χ1) is 12.3. The molecule has 25 heavy (non-hydrogen) atoms. The van der Waals surface area contributed by atoms with Gasteiger partial charge in [-0.3, -0.25) is 4.79 Å². The summed E-state index contributed by atoms with van der Waals surface area (Å²) in [6.45, 7) is 6.61. The van der Waals surface area contributed by atoms with Crippen molar-refractivity contribution < 1.29 is 4.79 Å². The number of carbonyl (C=O) groups excluding carboxylic acids is 1. The smallest absolute Gasteiger partial charge is 0.251 e. The summed E-state index contributed by atoms with van der Waals surface area (Å²) < 4.78 is 0. The van der Waals surface area contributed by atoms with E-state index in [2.05, 4.69) is 27.2 Å². The number of hydrogen-bond donors (Lipinski definition) is 1. The topological polar surface area (TPSA) is 35.6 Å². The Morgan fingerprint density at radius 1 is 0.840 bits per heavy atom. The molecule has 0 bridgehead atoms. The average molecular weight is 344 g/mol. The monoisotopic (exact) mass is 343 g/mol. The Bertz CT molecular complexity index is 514. The van der Waals surface area contributed by atoms with Crippen LogP contribution in [0.15, 0.2) is 24.3 Å². The Balaban J connectivity index is 1.38. The van der Waals surface area contributed by atoms with Crippen LogP contribution < -0.4 is 10.2 Å². The number of nitrogens with one attached hydrogen (secondary N) is 1. The lowest BCUT2D eigenvalue weighted by molar-refractivity contribution is 0.0951. The maximum absolute atomic E-state index is 12.3. The van der Waals surface area contributed by atoms with Crippen LogP contribution >= 0.6 is 0 Å². The van der Waals surface area contributed by atoms with Crippen molar-refractivity contribution in [1.29, 1.82) is 0 Å². The summed E-state index contributed by atoms with van der Waals surface area (Å²) in [4.78, 5) is 17.3. The molecule has 138 valence electrons. The van der Waals surface area contributed by atoms with Crippen LogP contribution in [0.2, 0.25) is 0 Å². The molecule has 1 N–H and O–H groups in total. The molecule has 0 atom stereocenters. The van der Waals surface area contributed by atoms with Crippen LogP contribution in [0, 0.1) is 0 Å². The second-order valence-corrected chi connectivity index (χ2v) is 7.46. The first-order valence-corrected chi connectivity index (χ1v) is 10.2. The number of piperidine rings is 1. The first kappa shape index (κ1) is 18.2. The number of likely N-dealkylation sites (tertiary alicyclic amines) is 1. The summed E-state index contributed by atoms with van der Waals surface area (Å²) in [5, 5.41) is 3.07. The summed E-state index contributed by atoms with van der Waals surface area (Å²) >= 11 is 0. The fourth-order valence-electron chi connectivity index (χ4n) is 3.94. The van der Waals surface area contributed by atoms with Crippen LogP contribution in [0.5, 0.6) is 0 Å². The Hall–Kier alpha value is -1.55. The molecule has 1 aromatic carbocycles. The maximum atomic E-state index is 12.3. The minimum absolute atomic E-state index is 0.0565. The number of benzene rings is 1. The van der Waals surface area contributed by atoms with Crippen molar-refractivity contribution in [2.24, 2.45) is 0 Å². The molecule has 0 saturated carbocycles. The third kappa shape index (κ3) is 5.74. The summed E-state index contributed by atoms with van der Waals surface area (Å²) in [5.41, 5.74) is 2.02. The molecular weight excluding hydrogens is 310 g/mol. The van der Waals surface area contributed by atoms with E-state index in [1.807, 2.05) is 12.1 Å². The SMILES string of the molecule is O=C(NCCCN1CCCCCC1)c1ccc(N2CCCCC2)cc1. The van der Waals surface area contributed by atoms with Crippen LogP contribution in [0.1, 0.15) is 61.7 Å². The summed E-state index contributed by atoms with van der Waals surface area (Å²) in [5.74, 6) is 0.0565. The van der Waals surface area contributed by atoms with Crippen LogP contribution in [0.3, 0.4) is 0 Å². The van der Waals surface area contributed by atoms with Gasteiger partial charge in [0.25, 0.3) is 5.91 Å². The van der Waals surface area contributed by atoms with E-state index in [1.54, 1.807) is 0 Å². The standard InChI is InChI=1S/C21H33N3O/c25-21(22-13-8-16-23-14-4-1-2-5-15-23)19-9-11-20(12-10-19)24-17-6-3-7-18-24/h9-12H,1-8,13-18H2,(H,22,25). The van der Waals surface area contributed by atoms with E-state index in [-0.39, 0.29) is 5.91 Å². The van der Waals surface area contributed by atoms with Gasteiger partial charge in [-0.05, 0) is 82.4 Å². The Labute approximate surface area is 152 Å². The van der Waals surface area contributed by atoms with Crippen molar-refractivity contribution in [3.63, 3.8) is 0 Å². The molecule has 0 aliphatic carbocycles. The second kappa shape index (κ2) is 9.81. The zero-order chi connectivity index (χ0) is 17.3. The van der Waals surface area contributed by atoms with Crippen molar-refractivity contribution >= 4 is 11.6 Å². The highest BCUT2D eigenvalue weighted by atomic mass is 16.1. The molecule has 0 spiro atoms. The van der Waals surface area contributed by atoms with Crippen LogP contribution in [-0.4, -0.2) is 50.1 Å². The van der Waals surface area contributed by atoms with E-state index in [4.69, 9.17) is 0 Å². The van der Waals surface area contributed by atoms with Gasteiger partial charge >= 0.3 is 0 Å². The second-order valence-electron chi connectivity index (χ2n) is 7.46. The Kier molecular flexibility index (Phi) is 7.16. The largest absolute Gasteiger partial charge is 0.372 e. The lowest BCUT2D eigenvalue weighted by Crippen LogP contribution is -2.31. The van der Waals surface area contributed by atoms with Gasteiger partial charge in [-0.2, -0.15) is 0 Å². The minimum Gasteiger partial charge on any atom is -0.372 e. The highest BCUT2D eigenvalue weighted by Crippen LogP contribution is 2.20. The van der Waals surface area contributed by atoms with Gasteiger partial charge in [0.05, 0.1) is 0 Å². The van der Waals surface area contributed by atoms with Gasteiger partial charge in [0.2, 0.25) is 0 Å². The molecule has 2 aliphatic heterocycles. The summed E-state index contributed by atoms with van der Waals surface area (Å²) in [6, 6.07) is 8.12. The minimum atomic E-state index is 0.0565. The lowest BCUT2D eigenvalue weighted by atomic mass is 10.1. The van der Waals surface area contributed by atoms with E-state index < -0.39 is 0 Å². The highest BCUT2D eigenvalue weighted by Gasteiger charge is 2.12. The normalized spacial score (nSPS) is 19.4. The van der Waals surface area contributed by atoms with E-state index >= 15 is 0 Å². The molecule has 0 radical (unpaired) electrons. The van der Waals surface area contributed by atoms with Crippen LogP contribution in [0.4, 0.5) is 5.69 Å². The van der Waals surface area contributed by atoms with Crippen molar-refractivity contribution in [2.45, 2.75) is 51.4 Å².